The van der Waals surface area contributed by atoms with Crippen LogP contribution in [0.25, 0.3) is 22.1 Å². The second kappa shape index (κ2) is 9.25. The number of hydrogen-bond acceptors (Lipinski definition) is 7. The van der Waals surface area contributed by atoms with Crippen LogP contribution in [0, 0.1) is 6.92 Å². The number of ketones is 1. The normalized spacial score (nSPS) is 11.5. The van der Waals surface area contributed by atoms with Gasteiger partial charge in [-0.3, -0.25) is 9.59 Å². The maximum Gasteiger partial charge on any atom is 0.336 e. The number of carbonyl (C=O) groups excluding carboxylic acids is 2. The lowest BCUT2D eigenvalue weighted by Crippen LogP contribution is -2.28. The van der Waals surface area contributed by atoms with Gasteiger partial charge in [-0.05, 0) is 30.2 Å². The van der Waals surface area contributed by atoms with E-state index in [1.54, 1.807) is 29.8 Å². The number of carbonyl (C=O) groups is 2. The molecule has 0 saturated carbocycles. The summed E-state index contributed by atoms with van der Waals surface area (Å²) in [6.45, 7) is 3.02. The van der Waals surface area contributed by atoms with Gasteiger partial charge in [-0.2, -0.15) is 0 Å². The van der Waals surface area contributed by atoms with Crippen molar-refractivity contribution in [3.8, 4) is 16.9 Å². The predicted octanol–water partition coefficient (Wildman–Crippen LogP) is 3.38. The number of nitrogens with one attached hydrogen (secondary N) is 1. The molecule has 1 N–H and O–H groups in total. The Labute approximate surface area is 192 Å². The summed E-state index contributed by atoms with van der Waals surface area (Å²) in [5, 5.41) is 4.84. The Morgan fingerprint density at radius 2 is 1.91 bits per heavy atom. The molecule has 2 heterocycles. The molecule has 0 aliphatic carbocycles. The number of Topliss-reactive ketones (excluding diaryl/α,β-unsaturated/α-hetero) is 1. The molecule has 168 valence electrons. The van der Waals surface area contributed by atoms with Crippen molar-refractivity contribution < 1.29 is 18.7 Å². The highest BCUT2D eigenvalue weighted by molar-refractivity contribution is 7.11. The molecule has 4 aromatic rings. The SMILES string of the molecule is CC(=O)c1s/c(=N\NC(=O)COc2ccc3c(-c4ccccc4)cc(=O)oc3c2)n(C)c1C. The van der Waals surface area contributed by atoms with E-state index >= 15 is 0 Å². The zero-order valence-electron chi connectivity index (χ0n) is 18.2. The van der Waals surface area contributed by atoms with Gasteiger partial charge in [-0.25, -0.2) is 10.2 Å². The number of amides is 1. The Hall–Kier alpha value is -3.98. The maximum absolute atomic E-state index is 12.2. The van der Waals surface area contributed by atoms with E-state index < -0.39 is 11.5 Å². The number of ether oxygens (including phenoxy) is 1. The van der Waals surface area contributed by atoms with Crippen molar-refractivity contribution >= 4 is 34.0 Å². The number of rotatable bonds is 6. The van der Waals surface area contributed by atoms with Gasteiger partial charge in [-0.15, -0.1) is 5.10 Å². The topological polar surface area (TPSA) is 103 Å². The third-order valence-electron chi connectivity index (χ3n) is 5.08. The van der Waals surface area contributed by atoms with E-state index in [9.17, 15) is 14.4 Å². The largest absolute Gasteiger partial charge is 0.484 e. The number of aromatic nitrogens is 1. The molecular formula is C24H21N3O5S. The van der Waals surface area contributed by atoms with Gasteiger partial charge in [0.15, 0.2) is 12.4 Å². The van der Waals surface area contributed by atoms with Crippen LogP contribution >= 0.6 is 11.3 Å². The van der Waals surface area contributed by atoms with Crippen molar-refractivity contribution in [3.05, 3.63) is 80.4 Å². The first-order valence-corrected chi connectivity index (χ1v) is 10.9. The van der Waals surface area contributed by atoms with E-state index in [2.05, 4.69) is 10.5 Å². The molecule has 4 rings (SSSR count). The van der Waals surface area contributed by atoms with Crippen LogP contribution in [-0.4, -0.2) is 22.9 Å². The smallest absolute Gasteiger partial charge is 0.336 e. The zero-order chi connectivity index (χ0) is 23.5. The van der Waals surface area contributed by atoms with Gasteiger partial charge in [0.2, 0.25) is 4.80 Å². The molecule has 9 heteroatoms. The first-order valence-electron chi connectivity index (χ1n) is 10.1. The van der Waals surface area contributed by atoms with Gasteiger partial charge in [0.05, 0.1) is 4.88 Å². The Morgan fingerprint density at radius 3 is 2.61 bits per heavy atom. The van der Waals surface area contributed by atoms with Crippen molar-refractivity contribution in [1.82, 2.24) is 9.99 Å². The summed E-state index contributed by atoms with van der Waals surface area (Å²) in [4.78, 5) is 37.0. The van der Waals surface area contributed by atoms with Crippen LogP contribution in [0.15, 0.2) is 68.9 Å². The lowest BCUT2D eigenvalue weighted by atomic mass is 10.0. The van der Waals surface area contributed by atoms with E-state index in [1.165, 1.54) is 24.3 Å². The van der Waals surface area contributed by atoms with Crippen LogP contribution in [-0.2, 0) is 11.8 Å². The molecule has 33 heavy (non-hydrogen) atoms. The van der Waals surface area contributed by atoms with Crippen LogP contribution in [0.1, 0.15) is 22.3 Å². The molecule has 1 amide bonds. The molecular weight excluding hydrogens is 442 g/mol. The number of nitrogens with zero attached hydrogens (tertiary/aromatic N) is 2. The summed E-state index contributed by atoms with van der Waals surface area (Å²) >= 11 is 1.20. The van der Waals surface area contributed by atoms with E-state index in [0.717, 1.165) is 22.2 Å². The lowest BCUT2D eigenvalue weighted by molar-refractivity contribution is -0.123. The van der Waals surface area contributed by atoms with Gasteiger partial charge in [0.1, 0.15) is 11.3 Å². The fourth-order valence-electron chi connectivity index (χ4n) is 3.33. The van der Waals surface area contributed by atoms with E-state index in [0.29, 0.717) is 21.0 Å². The van der Waals surface area contributed by atoms with Gasteiger partial charge in [-0.1, -0.05) is 41.7 Å². The van der Waals surface area contributed by atoms with E-state index in [1.807, 2.05) is 37.3 Å². The second-order valence-corrected chi connectivity index (χ2v) is 8.33. The molecule has 0 radical (unpaired) electrons. The predicted molar refractivity (Wildman–Crippen MR) is 125 cm³/mol. The molecule has 0 saturated heterocycles. The Balaban J connectivity index is 1.50. The van der Waals surface area contributed by atoms with Crippen molar-refractivity contribution in [2.45, 2.75) is 13.8 Å². The molecule has 0 aliphatic rings. The molecule has 8 nitrogen and oxygen atoms in total. The van der Waals surface area contributed by atoms with Gasteiger partial charge >= 0.3 is 5.63 Å². The van der Waals surface area contributed by atoms with Gasteiger partial charge in [0, 0.05) is 37.2 Å². The molecule has 2 aromatic carbocycles. The first kappa shape index (κ1) is 22.2. The first-order chi connectivity index (χ1) is 15.8. The van der Waals surface area contributed by atoms with Crippen LogP contribution < -0.4 is 20.6 Å². The lowest BCUT2D eigenvalue weighted by Gasteiger charge is -2.08. The minimum atomic E-state index is -0.473. The minimum absolute atomic E-state index is 0.0532. The summed E-state index contributed by atoms with van der Waals surface area (Å²) in [7, 11) is 1.77. The van der Waals surface area contributed by atoms with E-state index in [-0.39, 0.29) is 12.4 Å². The second-order valence-electron chi connectivity index (χ2n) is 7.35. The Bertz CT molecular complexity index is 1480. The van der Waals surface area contributed by atoms with Crippen LogP contribution in [0.4, 0.5) is 0 Å². The van der Waals surface area contributed by atoms with Crippen LogP contribution in [0.5, 0.6) is 5.75 Å². The molecule has 0 bridgehead atoms. The summed E-state index contributed by atoms with van der Waals surface area (Å²) in [5.41, 5.74) is 4.76. The molecule has 0 spiro atoms. The Morgan fingerprint density at radius 1 is 1.15 bits per heavy atom. The van der Waals surface area contributed by atoms with E-state index in [4.69, 9.17) is 9.15 Å². The van der Waals surface area contributed by atoms with Gasteiger partial charge in [0.25, 0.3) is 5.91 Å². The van der Waals surface area contributed by atoms with Crippen molar-refractivity contribution in [2.24, 2.45) is 12.1 Å². The summed E-state index contributed by atoms with van der Waals surface area (Å²) in [6.07, 6.45) is 0. The fraction of sp³-hybridized carbons (Fsp3) is 0.167. The highest BCUT2D eigenvalue weighted by Crippen LogP contribution is 2.29. The molecule has 0 unspecified atom stereocenters. The highest BCUT2D eigenvalue weighted by atomic mass is 32.1. The third kappa shape index (κ3) is 4.78. The van der Waals surface area contributed by atoms with Crippen molar-refractivity contribution in [2.75, 3.05) is 6.61 Å². The Kier molecular flexibility index (Phi) is 6.23. The molecule has 0 aliphatic heterocycles. The zero-order valence-corrected chi connectivity index (χ0v) is 19.1. The quantitative estimate of drug-likeness (QED) is 0.268. The number of thiazole rings is 1. The minimum Gasteiger partial charge on any atom is -0.484 e. The average Bonchev–Trinajstić information content (AvgIpc) is 3.10. The fourth-order valence-corrected chi connectivity index (χ4v) is 4.31. The van der Waals surface area contributed by atoms with Crippen molar-refractivity contribution in [1.29, 1.82) is 0 Å². The molecule has 2 aromatic heterocycles. The summed E-state index contributed by atoms with van der Waals surface area (Å²) in [6, 6.07) is 16.1. The average molecular weight is 464 g/mol. The van der Waals surface area contributed by atoms with Crippen molar-refractivity contribution in [3.63, 3.8) is 0 Å². The van der Waals surface area contributed by atoms with Crippen LogP contribution in [0.3, 0.4) is 0 Å². The van der Waals surface area contributed by atoms with Gasteiger partial charge < -0.3 is 13.7 Å². The number of hydrogen-bond donors (Lipinski definition) is 1. The standard InChI is InChI=1S/C24H21N3O5S/c1-14-23(15(2)28)33-24(27(14)3)26-25-21(29)13-31-17-9-10-18-19(16-7-5-4-6-8-16)12-22(30)32-20(18)11-17/h4-12H,13H2,1-3H3,(H,25,29)/b26-24-. The maximum atomic E-state index is 12.2. The molecule has 0 fully saturated rings. The number of fused-ring (bicyclic) bond motifs is 1. The summed E-state index contributed by atoms with van der Waals surface area (Å²) in [5.74, 6) is -0.144. The number of benzene rings is 2. The summed E-state index contributed by atoms with van der Waals surface area (Å²) < 4.78 is 12.6. The molecule has 0 atom stereocenters. The van der Waals surface area contributed by atoms with Crippen LogP contribution in [0.2, 0.25) is 0 Å². The monoisotopic (exact) mass is 463 g/mol. The highest BCUT2D eigenvalue weighted by Gasteiger charge is 2.12. The third-order valence-corrected chi connectivity index (χ3v) is 6.41.